The molecule has 1 amide bonds. The zero-order valence-corrected chi connectivity index (χ0v) is 21.3. The first-order valence-corrected chi connectivity index (χ1v) is 11.7. The Balaban J connectivity index is 0.00000272. The van der Waals surface area contributed by atoms with Gasteiger partial charge in [-0.2, -0.15) is 0 Å². The van der Waals surface area contributed by atoms with Crippen LogP contribution in [0.5, 0.6) is 0 Å². The van der Waals surface area contributed by atoms with E-state index in [-0.39, 0.29) is 60.8 Å². The number of carboxylic acid groups (broad SMARTS) is 1. The van der Waals surface area contributed by atoms with Crippen molar-refractivity contribution < 1.29 is 54.1 Å². The first-order chi connectivity index (χ1) is 14.7. The van der Waals surface area contributed by atoms with E-state index in [0.717, 1.165) is 16.8 Å². The predicted octanol–water partition coefficient (Wildman–Crippen LogP) is -0.705. The number of anilines is 1. The number of sulfonamides is 1. The zero-order chi connectivity index (χ0) is 22.4. The Kier molecular flexibility index (Phi) is 10.00. The van der Waals surface area contributed by atoms with Crippen LogP contribution in [0.15, 0.2) is 47.4 Å². The van der Waals surface area contributed by atoms with Crippen molar-refractivity contribution in [3.63, 3.8) is 0 Å². The van der Waals surface area contributed by atoms with E-state index in [1.54, 1.807) is 12.1 Å². The monoisotopic (exact) mass is 489 g/mol. The van der Waals surface area contributed by atoms with Crippen LogP contribution in [0.3, 0.4) is 0 Å². The van der Waals surface area contributed by atoms with Gasteiger partial charge < -0.3 is 17.2 Å². The van der Waals surface area contributed by atoms with Crippen LogP contribution >= 0.6 is 11.6 Å². The number of hydrogen-bond donors (Lipinski definition) is 4. The molecule has 0 aliphatic heterocycles. The molecule has 1 aliphatic rings. The van der Waals surface area contributed by atoms with E-state index < -0.39 is 16.0 Å². The first-order valence-electron chi connectivity index (χ1n) is 9.85. The van der Waals surface area contributed by atoms with Gasteiger partial charge in [-0.3, -0.25) is 9.59 Å². The molecule has 32 heavy (non-hydrogen) atoms. The molecule has 0 saturated heterocycles. The molecule has 0 heterocycles. The quantitative estimate of drug-likeness (QED) is 0.258. The third-order valence-electron chi connectivity index (χ3n) is 4.93. The summed E-state index contributed by atoms with van der Waals surface area (Å²) in [5, 5.41) is 14.8. The van der Waals surface area contributed by atoms with Crippen molar-refractivity contribution in [3.05, 3.63) is 58.6 Å². The Morgan fingerprint density at radius 1 is 1.09 bits per heavy atom. The molecule has 0 radical (unpaired) electrons. The number of amides is 1. The Bertz CT molecular complexity index is 1070. The second kappa shape index (κ2) is 12.0. The molecule has 0 spiro atoms. The fourth-order valence-electron chi connectivity index (χ4n) is 3.42. The molecule has 1 atom stereocenters. The van der Waals surface area contributed by atoms with Crippen LogP contribution in [0.25, 0.3) is 0 Å². The maximum atomic E-state index is 12.6. The Morgan fingerprint density at radius 2 is 1.78 bits per heavy atom. The SMILES string of the molecule is O=C(O)CCCNC(=O)CNc1ccc2c(c1)CC(NS(=O)(=O)c1ccc(Cl)cc1)C2.[H-].[Na+]. The van der Waals surface area contributed by atoms with Crippen LogP contribution in [0.1, 0.15) is 25.4 Å². The largest absolute Gasteiger partial charge is 1.00 e. The van der Waals surface area contributed by atoms with Crippen molar-refractivity contribution in [3.8, 4) is 0 Å². The molecule has 0 aromatic heterocycles. The van der Waals surface area contributed by atoms with Crippen LogP contribution in [0.2, 0.25) is 5.02 Å². The summed E-state index contributed by atoms with van der Waals surface area (Å²) >= 11 is 5.83. The van der Waals surface area contributed by atoms with Gasteiger partial charge >= 0.3 is 35.5 Å². The average molecular weight is 490 g/mol. The van der Waals surface area contributed by atoms with Crippen molar-refractivity contribution in [2.24, 2.45) is 0 Å². The number of rotatable bonds is 10. The number of benzene rings is 2. The normalized spacial score (nSPS) is 14.8. The number of halogens is 1. The summed E-state index contributed by atoms with van der Waals surface area (Å²) < 4.78 is 27.9. The van der Waals surface area contributed by atoms with Crippen LogP contribution in [-0.4, -0.2) is 44.5 Å². The molecule has 2 aromatic rings. The van der Waals surface area contributed by atoms with E-state index in [1.807, 2.05) is 18.2 Å². The first kappa shape index (κ1) is 26.6. The van der Waals surface area contributed by atoms with E-state index in [4.69, 9.17) is 16.7 Å². The van der Waals surface area contributed by atoms with Crippen LogP contribution < -0.4 is 44.9 Å². The predicted molar refractivity (Wildman–Crippen MR) is 119 cm³/mol. The number of carbonyl (C=O) groups is 2. The summed E-state index contributed by atoms with van der Waals surface area (Å²) in [6.07, 6.45) is 1.54. The van der Waals surface area contributed by atoms with Gasteiger partial charge in [0, 0.05) is 29.7 Å². The molecule has 0 bridgehead atoms. The minimum Gasteiger partial charge on any atom is -1.00 e. The minimum absolute atomic E-state index is 0. The molecule has 1 aliphatic carbocycles. The summed E-state index contributed by atoms with van der Waals surface area (Å²) in [7, 11) is -3.64. The van der Waals surface area contributed by atoms with Crippen molar-refractivity contribution >= 4 is 39.2 Å². The van der Waals surface area contributed by atoms with Crippen molar-refractivity contribution in [1.29, 1.82) is 0 Å². The number of nitrogens with one attached hydrogen (secondary N) is 3. The fraction of sp³-hybridized carbons (Fsp3) is 0.333. The number of carbonyl (C=O) groups excluding carboxylic acids is 1. The van der Waals surface area contributed by atoms with Crippen molar-refractivity contribution in [1.82, 2.24) is 10.0 Å². The van der Waals surface area contributed by atoms with E-state index in [1.165, 1.54) is 12.1 Å². The molecular weight excluding hydrogens is 465 g/mol. The molecule has 0 fully saturated rings. The minimum atomic E-state index is -3.64. The Labute approximate surface area is 215 Å². The third kappa shape index (κ3) is 7.75. The van der Waals surface area contributed by atoms with E-state index in [9.17, 15) is 18.0 Å². The van der Waals surface area contributed by atoms with Crippen LogP contribution in [-0.2, 0) is 32.5 Å². The van der Waals surface area contributed by atoms with E-state index >= 15 is 0 Å². The number of fused-ring (bicyclic) bond motifs is 1. The fourth-order valence-corrected chi connectivity index (χ4v) is 4.79. The number of aliphatic carboxylic acids is 1. The average Bonchev–Trinajstić information content (AvgIpc) is 3.10. The second-order valence-corrected chi connectivity index (χ2v) is 9.52. The topological polar surface area (TPSA) is 125 Å². The maximum Gasteiger partial charge on any atom is 1.00 e. The van der Waals surface area contributed by atoms with Gasteiger partial charge in [0.2, 0.25) is 15.9 Å². The van der Waals surface area contributed by atoms with E-state index in [0.29, 0.717) is 30.8 Å². The molecule has 4 N–H and O–H groups in total. The molecule has 0 saturated carbocycles. The van der Waals surface area contributed by atoms with Crippen LogP contribution in [0.4, 0.5) is 5.69 Å². The summed E-state index contributed by atoms with van der Waals surface area (Å²) in [6.45, 7) is 0.380. The molecular formula is C21H25ClN3NaO5S. The van der Waals surface area contributed by atoms with Crippen molar-refractivity contribution in [2.75, 3.05) is 18.4 Å². The van der Waals surface area contributed by atoms with Gasteiger partial charge in [-0.15, -0.1) is 0 Å². The molecule has 8 nitrogen and oxygen atoms in total. The standard InChI is InChI=1S/C21H24ClN3O5S.Na.H/c22-16-4-7-19(8-5-16)31(29,30)25-18-10-14-3-6-17(11-15(14)12-18)24-13-20(26)23-9-1-2-21(27)28;;/h3-8,11,18,24-25H,1-2,9-10,12-13H2,(H,23,26)(H,27,28);;/q;+1;-1. The summed E-state index contributed by atoms with van der Waals surface area (Å²) in [4.78, 5) is 22.5. The van der Waals surface area contributed by atoms with Crippen LogP contribution in [0, 0.1) is 0 Å². The van der Waals surface area contributed by atoms with E-state index in [2.05, 4.69) is 15.4 Å². The summed E-state index contributed by atoms with van der Waals surface area (Å²) in [5.74, 6) is -1.11. The van der Waals surface area contributed by atoms with Gasteiger partial charge in [0.25, 0.3) is 0 Å². The van der Waals surface area contributed by atoms with Gasteiger partial charge in [0.15, 0.2) is 0 Å². The molecule has 3 rings (SSSR count). The third-order valence-corrected chi connectivity index (χ3v) is 6.72. The van der Waals surface area contributed by atoms with Gasteiger partial charge in [-0.25, -0.2) is 13.1 Å². The van der Waals surface area contributed by atoms with Crippen molar-refractivity contribution in [2.45, 2.75) is 36.6 Å². The van der Waals surface area contributed by atoms with Gasteiger partial charge in [0.1, 0.15) is 0 Å². The smallest absolute Gasteiger partial charge is 1.00 e. The zero-order valence-electron chi connectivity index (χ0n) is 18.7. The summed E-state index contributed by atoms with van der Waals surface area (Å²) in [5.41, 5.74) is 2.85. The number of hydrogen-bond acceptors (Lipinski definition) is 5. The maximum absolute atomic E-state index is 12.6. The molecule has 2 aromatic carbocycles. The molecule has 1 unspecified atom stereocenters. The van der Waals surface area contributed by atoms with Gasteiger partial charge in [0.05, 0.1) is 11.4 Å². The Morgan fingerprint density at radius 3 is 2.47 bits per heavy atom. The Hall–Kier alpha value is -1.62. The van der Waals surface area contributed by atoms with Gasteiger partial charge in [-0.05, 0) is 66.8 Å². The molecule has 168 valence electrons. The second-order valence-electron chi connectivity index (χ2n) is 7.36. The van der Waals surface area contributed by atoms with Gasteiger partial charge in [-0.1, -0.05) is 17.7 Å². The summed E-state index contributed by atoms with van der Waals surface area (Å²) in [6, 6.07) is 11.5. The number of carboxylic acids is 1. The molecule has 11 heteroatoms.